The van der Waals surface area contributed by atoms with E-state index in [2.05, 4.69) is 25.9 Å². The fourth-order valence-corrected chi connectivity index (χ4v) is 2.04. The summed E-state index contributed by atoms with van der Waals surface area (Å²) in [6.45, 7) is 1.72. The van der Waals surface area contributed by atoms with Crippen molar-refractivity contribution < 1.29 is 14.7 Å². The lowest BCUT2D eigenvalue weighted by Gasteiger charge is -2.02. The highest BCUT2D eigenvalue weighted by molar-refractivity contribution is 7.13. The van der Waals surface area contributed by atoms with Gasteiger partial charge >= 0.3 is 12.0 Å². The van der Waals surface area contributed by atoms with Gasteiger partial charge < -0.3 is 10.4 Å². The highest BCUT2D eigenvalue weighted by Gasteiger charge is 2.07. The Hall–Kier alpha value is -2.49. The van der Waals surface area contributed by atoms with Crippen LogP contribution in [0.15, 0.2) is 11.6 Å². The summed E-state index contributed by atoms with van der Waals surface area (Å²) in [5.74, 6) is -1.01. The maximum Gasteiger partial charge on any atom is 0.325 e. The molecule has 0 aliphatic carbocycles. The standard InChI is InChI=1S/C10H12N6O3S/c1-6-5-20-10(12-6)13-9(19)11-2-7-3-16(15-14-7)4-8(17)18/h3,5H,2,4H2,1H3,(H,17,18)(H2,11,12,13,19). The molecule has 2 rings (SSSR count). The zero-order valence-corrected chi connectivity index (χ0v) is 11.3. The molecule has 0 aliphatic rings. The summed E-state index contributed by atoms with van der Waals surface area (Å²) in [6.07, 6.45) is 1.46. The fourth-order valence-electron chi connectivity index (χ4n) is 1.36. The highest BCUT2D eigenvalue weighted by Crippen LogP contribution is 2.13. The molecule has 9 nitrogen and oxygen atoms in total. The van der Waals surface area contributed by atoms with Gasteiger partial charge in [-0.3, -0.25) is 10.1 Å². The molecule has 0 radical (unpaired) electrons. The predicted octanol–water partition coefficient (Wildman–Crippen LogP) is 0.449. The Morgan fingerprint density at radius 2 is 2.30 bits per heavy atom. The van der Waals surface area contributed by atoms with Crippen molar-refractivity contribution in [3.8, 4) is 0 Å². The van der Waals surface area contributed by atoms with Gasteiger partial charge in [0.15, 0.2) is 5.13 Å². The summed E-state index contributed by atoms with van der Waals surface area (Å²) in [4.78, 5) is 26.1. The quantitative estimate of drug-likeness (QED) is 0.736. The molecule has 10 heteroatoms. The van der Waals surface area contributed by atoms with Gasteiger partial charge in [0.2, 0.25) is 0 Å². The van der Waals surface area contributed by atoms with E-state index in [1.807, 2.05) is 12.3 Å². The number of nitrogens with one attached hydrogen (secondary N) is 2. The summed E-state index contributed by atoms with van der Waals surface area (Å²) in [7, 11) is 0. The van der Waals surface area contributed by atoms with Gasteiger partial charge in [-0.15, -0.1) is 16.4 Å². The first-order valence-corrected chi connectivity index (χ1v) is 6.48. The van der Waals surface area contributed by atoms with Crippen molar-refractivity contribution in [3.05, 3.63) is 23.0 Å². The number of rotatable bonds is 5. The van der Waals surface area contributed by atoms with Crippen LogP contribution in [-0.2, 0) is 17.9 Å². The van der Waals surface area contributed by atoms with E-state index in [1.165, 1.54) is 22.2 Å². The first-order valence-electron chi connectivity index (χ1n) is 5.60. The van der Waals surface area contributed by atoms with Gasteiger partial charge in [-0.25, -0.2) is 14.5 Å². The number of hydrogen-bond acceptors (Lipinski definition) is 6. The second kappa shape index (κ2) is 6.10. The van der Waals surface area contributed by atoms with Crippen LogP contribution in [0.2, 0.25) is 0 Å². The maximum absolute atomic E-state index is 11.6. The molecule has 106 valence electrons. The minimum Gasteiger partial charge on any atom is -0.480 e. The summed E-state index contributed by atoms with van der Waals surface area (Å²) in [5.41, 5.74) is 1.30. The molecule has 0 unspecified atom stereocenters. The Morgan fingerprint density at radius 1 is 1.50 bits per heavy atom. The van der Waals surface area contributed by atoms with Crippen molar-refractivity contribution >= 4 is 28.5 Å². The van der Waals surface area contributed by atoms with E-state index in [0.29, 0.717) is 10.8 Å². The fraction of sp³-hybridized carbons (Fsp3) is 0.300. The van der Waals surface area contributed by atoms with Gasteiger partial charge in [-0.1, -0.05) is 5.21 Å². The number of carboxylic acid groups (broad SMARTS) is 1. The van der Waals surface area contributed by atoms with Crippen LogP contribution in [0.1, 0.15) is 11.4 Å². The summed E-state index contributed by atoms with van der Waals surface area (Å²) in [6, 6.07) is -0.410. The van der Waals surface area contributed by atoms with Gasteiger partial charge in [0.25, 0.3) is 0 Å². The Balaban J connectivity index is 1.81. The molecule has 0 fully saturated rings. The molecule has 0 atom stereocenters. The van der Waals surface area contributed by atoms with Crippen LogP contribution in [0, 0.1) is 6.92 Å². The van der Waals surface area contributed by atoms with E-state index in [0.717, 1.165) is 5.69 Å². The monoisotopic (exact) mass is 296 g/mol. The first-order chi connectivity index (χ1) is 9.52. The number of hydrogen-bond donors (Lipinski definition) is 3. The van der Waals surface area contributed by atoms with Gasteiger partial charge in [0.05, 0.1) is 18.4 Å². The molecule has 0 aromatic carbocycles. The van der Waals surface area contributed by atoms with Crippen molar-refractivity contribution in [2.24, 2.45) is 0 Å². The topological polar surface area (TPSA) is 122 Å². The molecule has 2 aromatic rings. The van der Waals surface area contributed by atoms with Crippen LogP contribution in [-0.4, -0.2) is 37.1 Å². The number of amides is 2. The first kappa shape index (κ1) is 13.9. The van der Waals surface area contributed by atoms with Crippen LogP contribution in [0.5, 0.6) is 0 Å². The van der Waals surface area contributed by atoms with E-state index < -0.39 is 12.0 Å². The zero-order chi connectivity index (χ0) is 14.5. The molecule has 0 saturated carbocycles. The number of aryl methyl sites for hydroxylation is 1. The van der Waals surface area contributed by atoms with Crippen LogP contribution >= 0.6 is 11.3 Å². The largest absolute Gasteiger partial charge is 0.480 e. The van der Waals surface area contributed by atoms with E-state index in [4.69, 9.17) is 5.11 Å². The van der Waals surface area contributed by atoms with Crippen molar-refractivity contribution in [1.29, 1.82) is 0 Å². The average molecular weight is 296 g/mol. The average Bonchev–Trinajstić information content (AvgIpc) is 2.96. The number of carbonyl (C=O) groups excluding carboxylic acids is 1. The number of nitrogens with zero attached hydrogens (tertiary/aromatic N) is 4. The lowest BCUT2D eigenvalue weighted by molar-refractivity contribution is -0.137. The number of anilines is 1. The van der Waals surface area contributed by atoms with Crippen molar-refractivity contribution in [1.82, 2.24) is 25.3 Å². The van der Waals surface area contributed by atoms with E-state index in [1.54, 1.807) is 0 Å². The summed E-state index contributed by atoms with van der Waals surface area (Å²) in [5, 5.41) is 23.5. The second-order valence-corrected chi connectivity index (χ2v) is 4.76. The van der Waals surface area contributed by atoms with Gasteiger partial charge in [0.1, 0.15) is 12.2 Å². The third-order valence-corrected chi connectivity index (χ3v) is 3.03. The number of aliphatic carboxylic acids is 1. The van der Waals surface area contributed by atoms with Crippen LogP contribution in [0.4, 0.5) is 9.93 Å². The minimum atomic E-state index is -1.01. The number of urea groups is 1. The SMILES string of the molecule is Cc1csc(NC(=O)NCc2cn(CC(=O)O)nn2)n1. The molecule has 2 aromatic heterocycles. The molecule has 2 heterocycles. The summed E-state index contributed by atoms with van der Waals surface area (Å²) >= 11 is 1.33. The van der Waals surface area contributed by atoms with E-state index >= 15 is 0 Å². The molecule has 3 N–H and O–H groups in total. The molecule has 0 saturated heterocycles. The molecule has 0 aliphatic heterocycles. The van der Waals surface area contributed by atoms with Crippen LogP contribution in [0.3, 0.4) is 0 Å². The number of thiazole rings is 1. The smallest absolute Gasteiger partial charge is 0.325 e. The van der Waals surface area contributed by atoms with Crippen LogP contribution < -0.4 is 10.6 Å². The molecule has 20 heavy (non-hydrogen) atoms. The van der Waals surface area contributed by atoms with E-state index in [-0.39, 0.29) is 13.1 Å². The Kier molecular flexibility index (Phi) is 4.25. The zero-order valence-electron chi connectivity index (χ0n) is 10.5. The minimum absolute atomic E-state index is 0.149. The second-order valence-electron chi connectivity index (χ2n) is 3.90. The molecule has 2 amide bonds. The Bertz CT molecular complexity index is 622. The van der Waals surface area contributed by atoms with Gasteiger partial charge in [-0.2, -0.15) is 0 Å². The number of aromatic nitrogens is 4. The third kappa shape index (κ3) is 4.02. The molecule has 0 bridgehead atoms. The lowest BCUT2D eigenvalue weighted by atomic mass is 10.5. The third-order valence-electron chi connectivity index (χ3n) is 2.15. The van der Waals surface area contributed by atoms with Crippen molar-refractivity contribution in [2.45, 2.75) is 20.0 Å². The van der Waals surface area contributed by atoms with Crippen molar-refractivity contribution in [3.63, 3.8) is 0 Å². The van der Waals surface area contributed by atoms with Gasteiger partial charge in [-0.05, 0) is 6.92 Å². The number of carboxylic acids is 1. The summed E-state index contributed by atoms with van der Waals surface area (Å²) < 4.78 is 1.18. The molecular formula is C10H12N6O3S. The lowest BCUT2D eigenvalue weighted by Crippen LogP contribution is -2.28. The molecular weight excluding hydrogens is 284 g/mol. The van der Waals surface area contributed by atoms with Crippen molar-refractivity contribution in [2.75, 3.05) is 5.32 Å². The van der Waals surface area contributed by atoms with Gasteiger partial charge in [0, 0.05) is 5.38 Å². The Morgan fingerprint density at radius 3 is 2.95 bits per heavy atom. The predicted molar refractivity (Wildman–Crippen MR) is 70.4 cm³/mol. The Labute approximate surface area is 117 Å². The van der Waals surface area contributed by atoms with Crippen LogP contribution in [0.25, 0.3) is 0 Å². The van der Waals surface area contributed by atoms with E-state index in [9.17, 15) is 9.59 Å². The maximum atomic E-state index is 11.6. The molecule has 0 spiro atoms. The highest BCUT2D eigenvalue weighted by atomic mass is 32.1. The number of carbonyl (C=O) groups is 2. The normalized spacial score (nSPS) is 10.2.